The lowest BCUT2D eigenvalue weighted by Crippen LogP contribution is -2.26. The fourth-order valence-corrected chi connectivity index (χ4v) is 5.13. The molecule has 4 amide bonds. The quantitative estimate of drug-likeness (QED) is 0.0280. The van der Waals surface area contributed by atoms with Crippen molar-refractivity contribution in [3.05, 3.63) is 11.8 Å². The number of nitrogens with one attached hydrogen (secondary N) is 2. The van der Waals surface area contributed by atoms with Crippen LogP contribution in [0.2, 0.25) is 0 Å². The average Bonchev–Trinajstić information content (AvgIpc) is 3.28. The van der Waals surface area contributed by atoms with E-state index >= 15 is 0 Å². The molecular weight excluding hydrogens is 844 g/mol. The molecule has 0 heterocycles. The molecule has 0 saturated carbocycles. The highest BCUT2D eigenvalue weighted by Crippen LogP contribution is 2.14. The summed E-state index contributed by atoms with van der Waals surface area (Å²) in [7, 11) is 1.00. The number of ketones is 2. The second kappa shape index (κ2) is 48.8. The number of rotatable bonds is 48. The first-order chi connectivity index (χ1) is 31.1. The lowest BCUT2D eigenvalue weighted by Gasteiger charge is -2.11. The molecule has 0 aliphatic heterocycles. The van der Waals surface area contributed by atoms with Crippen LogP contribution in [0.3, 0.4) is 0 Å². The second-order valence-corrected chi connectivity index (χ2v) is 14.1. The summed E-state index contributed by atoms with van der Waals surface area (Å²) in [5.41, 5.74) is 10.0. The highest BCUT2D eigenvalue weighted by molar-refractivity contribution is 5.98. The smallest absolute Gasteiger partial charge is 0.248 e. The Morgan fingerprint density at radius 2 is 0.844 bits per heavy atom. The molecule has 0 aromatic carbocycles. The Bertz CT molecular complexity index is 1210. The molecule has 0 aliphatic carbocycles. The largest absolute Gasteiger partial charge is 0.515 e. The first-order valence-electron chi connectivity index (χ1n) is 22.2. The summed E-state index contributed by atoms with van der Waals surface area (Å²) in [6, 6.07) is 0. The van der Waals surface area contributed by atoms with E-state index in [0.717, 1.165) is 32.8 Å². The van der Waals surface area contributed by atoms with E-state index in [1.807, 2.05) is 0 Å². The minimum absolute atomic E-state index is 0.0384. The van der Waals surface area contributed by atoms with Crippen molar-refractivity contribution in [2.24, 2.45) is 17.4 Å². The topological polar surface area (TPSA) is 302 Å². The summed E-state index contributed by atoms with van der Waals surface area (Å²) in [4.78, 5) is 69.4. The van der Waals surface area contributed by atoms with E-state index in [4.69, 9.17) is 64.3 Å². The SMILES string of the molecule is CC(CCCCNC(=O)CCOCCOCCOCCOCCOCCOCCOCCOCCOCCC(=O)NCCCCCC(=O)CCC(N)=O)C(=O)C/C(=C/O)C(N)=O.CO. The minimum Gasteiger partial charge on any atom is -0.515 e. The van der Waals surface area contributed by atoms with E-state index in [-0.39, 0.29) is 73.6 Å². The van der Waals surface area contributed by atoms with Gasteiger partial charge in [-0.1, -0.05) is 19.8 Å². The zero-order valence-corrected chi connectivity index (χ0v) is 38.5. The van der Waals surface area contributed by atoms with Gasteiger partial charge in [0.15, 0.2) is 0 Å². The van der Waals surface area contributed by atoms with Gasteiger partial charge in [0.05, 0.1) is 131 Å². The van der Waals surface area contributed by atoms with E-state index < -0.39 is 11.8 Å². The third-order valence-electron chi connectivity index (χ3n) is 8.80. The van der Waals surface area contributed by atoms with Crippen LogP contribution in [0.5, 0.6) is 0 Å². The zero-order chi connectivity index (χ0) is 47.7. The number of unbranched alkanes of at least 4 members (excludes halogenated alkanes) is 3. The van der Waals surface area contributed by atoms with Gasteiger partial charge in [0.1, 0.15) is 11.6 Å². The molecule has 0 aromatic heterocycles. The third kappa shape index (κ3) is 46.4. The predicted molar refractivity (Wildman–Crippen MR) is 235 cm³/mol. The minimum atomic E-state index is -0.815. The van der Waals surface area contributed by atoms with Crippen LogP contribution in [0.25, 0.3) is 0 Å². The Kier molecular flexibility index (Phi) is 47.6. The Morgan fingerprint density at radius 3 is 1.19 bits per heavy atom. The van der Waals surface area contributed by atoms with Gasteiger partial charge < -0.3 is 74.9 Å². The van der Waals surface area contributed by atoms with Crippen molar-refractivity contribution < 1.29 is 81.6 Å². The summed E-state index contributed by atoms with van der Waals surface area (Å²) in [5.74, 6) is -1.89. The molecule has 21 heteroatoms. The number of nitrogens with two attached hydrogens (primary N) is 2. The van der Waals surface area contributed by atoms with Crippen LogP contribution in [0.15, 0.2) is 11.8 Å². The standard InChI is InChI=1S/C42H76N4O16.CH4O/c1-35(38(49)33-36(34-47)42(44)53)7-4-6-14-46-41(52)12-16-55-18-20-57-22-24-59-26-28-61-30-32-62-31-29-60-27-25-58-23-21-56-19-17-54-15-11-40(51)45-13-5-2-3-8-37(48)9-10-39(43)50;1-2/h34-35,47H,2-33H2,1H3,(H2,43,50)(H2,44,53)(H,45,51)(H,46,52);2H,1H3/b36-34-;. The lowest BCUT2D eigenvalue weighted by atomic mass is 9.95. The van der Waals surface area contributed by atoms with Crippen LogP contribution in [0, 0.1) is 5.92 Å². The zero-order valence-electron chi connectivity index (χ0n) is 38.5. The predicted octanol–water partition coefficient (Wildman–Crippen LogP) is 0.845. The number of hydrogen-bond donors (Lipinski definition) is 6. The van der Waals surface area contributed by atoms with Crippen molar-refractivity contribution in [1.82, 2.24) is 10.6 Å². The maximum absolute atomic E-state index is 12.1. The molecule has 0 aromatic rings. The molecule has 21 nitrogen and oxygen atoms in total. The van der Waals surface area contributed by atoms with Gasteiger partial charge in [-0.15, -0.1) is 0 Å². The lowest BCUT2D eigenvalue weighted by molar-refractivity contribution is -0.124. The van der Waals surface area contributed by atoms with E-state index in [2.05, 4.69) is 10.6 Å². The van der Waals surface area contributed by atoms with Gasteiger partial charge in [0.25, 0.3) is 0 Å². The molecule has 0 spiro atoms. The van der Waals surface area contributed by atoms with Crippen LogP contribution in [-0.4, -0.2) is 185 Å². The van der Waals surface area contributed by atoms with Gasteiger partial charge >= 0.3 is 0 Å². The Balaban J connectivity index is 0. The maximum Gasteiger partial charge on any atom is 0.248 e. The average molecular weight is 925 g/mol. The Labute approximate surface area is 379 Å². The number of carbonyl (C=O) groups is 6. The molecule has 8 N–H and O–H groups in total. The molecule has 0 rings (SSSR count). The fourth-order valence-electron chi connectivity index (χ4n) is 5.13. The van der Waals surface area contributed by atoms with Crippen molar-refractivity contribution in [3.8, 4) is 0 Å². The molecule has 1 atom stereocenters. The summed E-state index contributed by atoms with van der Waals surface area (Å²) in [6.45, 7) is 10.2. The molecule has 0 bridgehead atoms. The molecule has 64 heavy (non-hydrogen) atoms. The number of ether oxygens (including phenoxy) is 9. The van der Waals surface area contributed by atoms with Crippen molar-refractivity contribution in [3.63, 3.8) is 0 Å². The Morgan fingerprint density at radius 1 is 0.484 bits per heavy atom. The number of amides is 4. The third-order valence-corrected chi connectivity index (χ3v) is 8.80. The van der Waals surface area contributed by atoms with E-state index in [9.17, 15) is 28.8 Å². The van der Waals surface area contributed by atoms with Crippen molar-refractivity contribution in [2.75, 3.05) is 139 Å². The van der Waals surface area contributed by atoms with Crippen LogP contribution in [0.4, 0.5) is 0 Å². The van der Waals surface area contributed by atoms with Crippen LogP contribution in [0.1, 0.15) is 84.0 Å². The fraction of sp³-hybridized carbons (Fsp3) is 0.814. The van der Waals surface area contributed by atoms with E-state index in [1.165, 1.54) is 0 Å². The van der Waals surface area contributed by atoms with Gasteiger partial charge in [0.2, 0.25) is 23.6 Å². The van der Waals surface area contributed by atoms with E-state index in [1.54, 1.807) is 6.92 Å². The van der Waals surface area contributed by atoms with Gasteiger partial charge in [-0.3, -0.25) is 28.8 Å². The second-order valence-electron chi connectivity index (χ2n) is 14.1. The Hall–Kier alpha value is -3.64. The molecule has 0 fully saturated rings. The van der Waals surface area contributed by atoms with Crippen molar-refractivity contribution >= 4 is 35.2 Å². The number of aliphatic hydroxyl groups is 2. The number of hydrogen-bond acceptors (Lipinski definition) is 17. The number of carbonyl (C=O) groups excluding carboxylic acids is 6. The van der Waals surface area contributed by atoms with Crippen LogP contribution < -0.4 is 22.1 Å². The number of primary amides is 2. The first kappa shape index (κ1) is 62.4. The monoisotopic (exact) mass is 925 g/mol. The van der Waals surface area contributed by atoms with Gasteiger partial charge in [-0.2, -0.15) is 0 Å². The van der Waals surface area contributed by atoms with Crippen LogP contribution in [-0.2, 0) is 71.4 Å². The molecule has 0 radical (unpaired) electrons. The highest BCUT2D eigenvalue weighted by atomic mass is 16.6. The summed E-state index contributed by atoms with van der Waals surface area (Å²) in [5, 5.41) is 21.6. The molecule has 0 saturated heterocycles. The molecule has 0 aliphatic rings. The molecule has 374 valence electrons. The number of Topliss-reactive ketones (excluding diaryl/α,β-unsaturated/α-hetero) is 2. The van der Waals surface area contributed by atoms with Crippen LogP contribution >= 0.6 is 0 Å². The van der Waals surface area contributed by atoms with Crippen molar-refractivity contribution in [1.29, 1.82) is 0 Å². The van der Waals surface area contributed by atoms with Gasteiger partial charge in [0, 0.05) is 64.6 Å². The highest BCUT2D eigenvalue weighted by Gasteiger charge is 2.17. The molecular formula is C43H80N4O17. The van der Waals surface area contributed by atoms with Gasteiger partial charge in [-0.05, 0) is 25.7 Å². The van der Waals surface area contributed by atoms with E-state index in [0.29, 0.717) is 151 Å². The summed E-state index contributed by atoms with van der Waals surface area (Å²) < 4.78 is 49.1. The molecule has 1 unspecified atom stereocenters. The maximum atomic E-state index is 12.1. The normalized spacial score (nSPS) is 11.7. The number of aliphatic hydroxyl groups excluding tert-OH is 2. The van der Waals surface area contributed by atoms with Crippen molar-refractivity contribution in [2.45, 2.75) is 84.0 Å². The van der Waals surface area contributed by atoms with Gasteiger partial charge in [-0.25, -0.2) is 0 Å². The first-order valence-corrected chi connectivity index (χ1v) is 22.2. The summed E-state index contributed by atoms with van der Waals surface area (Å²) in [6.07, 6.45) is 6.00. The summed E-state index contributed by atoms with van der Waals surface area (Å²) >= 11 is 0.